The Kier molecular flexibility index (Phi) is 5.67. The summed E-state index contributed by atoms with van der Waals surface area (Å²) < 4.78 is 0. The van der Waals surface area contributed by atoms with Crippen LogP contribution in [0.25, 0.3) is 0 Å². The molecular weight excluding hydrogens is 236 g/mol. The van der Waals surface area contributed by atoms with Crippen molar-refractivity contribution in [1.82, 2.24) is 10.2 Å². The van der Waals surface area contributed by atoms with Gasteiger partial charge in [-0.1, -0.05) is 19.8 Å². The first-order valence-electron chi connectivity index (χ1n) is 8.24. The normalized spacial score (nSPS) is 24.0. The van der Waals surface area contributed by atoms with Gasteiger partial charge >= 0.3 is 0 Å². The summed E-state index contributed by atoms with van der Waals surface area (Å²) in [6.45, 7) is 5.72. The zero-order chi connectivity index (χ0) is 13.7. The Bertz CT molecular complexity index is 261. The first-order chi connectivity index (χ1) is 9.20. The Labute approximate surface area is 118 Å². The van der Waals surface area contributed by atoms with Crippen LogP contribution in [0.5, 0.6) is 0 Å². The summed E-state index contributed by atoms with van der Waals surface area (Å²) in [6, 6.07) is 0. The molecule has 3 nitrogen and oxygen atoms in total. The number of hydrogen-bond acceptors (Lipinski definition) is 3. The molecule has 19 heavy (non-hydrogen) atoms. The van der Waals surface area contributed by atoms with Crippen molar-refractivity contribution in [2.24, 2.45) is 11.8 Å². The van der Waals surface area contributed by atoms with E-state index in [9.17, 15) is 5.11 Å². The second-order valence-electron chi connectivity index (χ2n) is 6.86. The van der Waals surface area contributed by atoms with Crippen LogP contribution in [0.4, 0.5) is 0 Å². The Morgan fingerprint density at radius 2 is 1.89 bits per heavy atom. The van der Waals surface area contributed by atoms with Crippen molar-refractivity contribution >= 4 is 0 Å². The predicted molar refractivity (Wildman–Crippen MR) is 80.3 cm³/mol. The molecule has 112 valence electrons. The van der Waals surface area contributed by atoms with Crippen LogP contribution < -0.4 is 5.32 Å². The minimum Gasteiger partial charge on any atom is -0.394 e. The van der Waals surface area contributed by atoms with Crippen LogP contribution in [-0.4, -0.2) is 48.8 Å². The summed E-state index contributed by atoms with van der Waals surface area (Å²) in [7, 11) is 2.23. The van der Waals surface area contributed by atoms with E-state index < -0.39 is 0 Å². The number of rotatable bonds is 9. The van der Waals surface area contributed by atoms with E-state index in [1.807, 2.05) is 0 Å². The van der Waals surface area contributed by atoms with Gasteiger partial charge in [0.15, 0.2) is 0 Å². The SMILES string of the molecule is CCCNC(CO)(CN(C)CC1CCCC1)C1CC1. The Morgan fingerprint density at radius 3 is 2.42 bits per heavy atom. The van der Waals surface area contributed by atoms with Crippen molar-refractivity contribution < 1.29 is 5.11 Å². The van der Waals surface area contributed by atoms with Crippen molar-refractivity contribution in [1.29, 1.82) is 0 Å². The molecular formula is C16H32N2O. The third-order valence-electron chi connectivity index (χ3n) is 4.96. The zero-order valence-corrected chi connectivity index (χ0v) is 12.8. The van der Waals surface area contributed by atoms with E-state index in [0.717, 1.165) is 25.4 Å². The highest BCUT2D eigenvalue weighted by Crippen LogP contribution is 2.40. The van der Waals surface area contributed by atoms with Gasteiger partial charge in [-0.2, -0.15) is 0 Å². The van der Waals surface area contributed by atoms with Gasteiger partial charge in [-0.25, -0.2) is 0 Å². The van der Waals surface area contributed by atoms with Crippen LogP contribution in [0.1, 0.15) is 51.9 Å². The van der Waals surface area contributed by atoms with Gasteiger partial charge in [0.25, 0.3) is 0 Å². The lowest BCUT2D eigenvalue weighted by Gasteiger charge is -2.38. The fraction of sp³-hybridized carbons (Fsp3) is 1.00. The van der Waals surface area contributed by atoms with E-state index in [1.165, 1.54) is 45.1 Å². The summed E-state index contributed by atoms with van der Waals surface area (Å²) in [6.07, 6.45) is 9.36. The number of nitrogens with zero attached hydrogens (tertiary/aromatic N) is 1. The lowest BCUT2D eigenvalue weighted by atomic mass is 9.92. The number of aliphatic hydroxyl groups excluding tert-OH is 1. The monoisotopic (exact) mass is 268 g/mol. The summed E-state index contributed by atoms with van der Waals surface area (Å²) in [5.41, 5.74) is -0.0383. The van der Waals surface area contributed by atoms with Crippen molar-refractivity contribution in [3.63, 3.8) is 0 Å². The van der Waals surface area contributed by atoms with Gasteiger partial charge < -0.3 is 15.3 Å². The van der Waals surface area contributed by atoms with Gasteiger partial charge in [0.05, 0.1) is 12.1 Å². The number of aliphatic hydroxyl groups is 1. The third kappa shape index (κ3) is 4.17. The molecule has 2 N–H and O–H groups in total. The van der Waals surface area contributed by atoms with Crippen LogP contribution in [0.3, 0.4) is 0 Å². The minimum absolute atomic E-state index is 0.0383. The number of hydrogen-bond donors (Lipinski definition) is 2. The van der Waals surface area contributed by atoms with E-state index in [2.05, 4.69) is 24.2 Å². The van der Waals surface area contributed by atoms with E-state index in [0.29, 0.717) is 5.92 Å². The molecule has 0 heterocycles. The third-order valence-corrected chi connectivity index (χ3v) is 4.96. The minimum atomic E-state index is -0.0383. The molecule has 1 atom stereocenters. The maximum absolute atomic E-state index is 9.93. The molecule has 0 aromatic carbocycles. The molecule has 2 rings (SSSR count). The zero-order valence-electron chi connectivity index (χ0n) is 12.8. The van der Waals surface area contributed by atoms with Gasteiger partial charge in [-0.3, -0.25) is 0 Å². The molecule has 0 amide bonds. The van der Waals surface area contributed by atoms with Gasteiger partial charge in [0.2, 0.25) is 0 Å². The standard InChI is InChI=1S/C16H32N2O/c1-3-10-17-16(13-19,15-8-9-15)12-18(2)11-14-6-4-5-7-14/h14-15,17,19H,3-13H2,1-2H3. The van der Waals surface area contributed by atoms with E-state index in [1.54, 1.807) is 0 Å². The molecule has 0 saturated heterocycles. The lowest BCUT2D eigenvalue weighted by Crippen LogP contribution is -2.58. The number of nitrogens with one attached hydrogen (secondary N) is 1. The van der Waals surface area contributed by atoms with Crippen LogP contribution in [0.2, 0.25) is 0 Å². The van der Waals surface area contributed by atoms with Gasteiger partial charge in [0.1, 0.15) is 0 Å². The predicted octanol–water partition coefficient (Wildman–Crippen LogP) is 2.25. The van der Waals surface area contributed by atoms with E-state index in [4.69, 9.17) is 0 Å². The second kappa shape index (κ2) is 7.05. The lowest BCUT2D eigenvalue weighted by molar-refractivity contribution is 0.0949. The van der Waals surface area contributed by atoms with Crippen molar-refractivity contribution in [2.45, 2.75) is 57.4 Å². The maximum atomic E-state index is 9.93. The molecule has 0 aromatic heterocycles. The average molecular weight is 268 g/mol. The molecule has 0 aliphatic heterocycles. The van der Waals surface area contributed by atoms with E-state index >= 15 is 0 Å². The van der Waals surface area contributed by atoms with Gasteiger partial charge in [-0.05, 0) is 57.5 Å². The molecule has 2 aliphatic carbocycles. The van der Waals surface area contributed by atoms with Gasteiger partial charge in [-0.15, -0.1) is 0 Å². The summed E-state index contributed by atoms with van der Waals surface area (Å²) >= 11 is 0. The Morgan fingerprint density at radius 1 is 1.21 bits per heavy atom. The molecule has 0 bridgehead atoms. The van der Waals surface area contributed by atoms with Crippen LogP contribution in [0.15, 0.2) is 0 Å². The number of likely N-dealkylation sites (N-methyl/N-ethyl adjacent to an activating group) is 1. The fourth-order valence-corrected chi connectivity index (χ4v) is 3.75. The first-order valence-corrected chi connectivity index (χ1v) is 8.24. The fourth-order valence-electron chi connectivity index (χ4n) is 3.75. The van der Waals surface area contributed by atoms with Crippen molar-refractivity contribution in [2.75, 3.05) is 33.3 Å². The van der Waals surface area contributed by atoms with Crippen LogP contribution in [0, 0.1) is 11.8 Å². The highest BCUT2D eigenvalue weighted by Gasteiger charge is 2.45. The highest BCUT2D eigenvalue weighted by molar-refractivity contribution is 5.02. The summed E-state index contributed by atoms with van der Waals surface area (Å²) in [5, 5.41) is 13.6. The average Bonchev–Trinajstić information content (AvgIpc) is 3.14. The molecule has 2 fully saturated rings. The Balaban J connectivity index is 1.86. The summed E-state index contributed by atoms with van der Waals surface area (Å²) in [4.78, 5) is 2.47. The van der Waals surface area contributed by atoms with Gasteiger partial charge in [0, 0.05) is 13.1 Å². The first kappa shape index (κ1) is 15.3. The highest BCUT2D eigenvalue weighted by atomic mass is 16.3. The molecule has 0 aromatic rings. The second-order valence-corrected chi connectivity index (χ2v) is 6.86. The molecule has 2 saturated carbocycles. The topological polar surface area (TPSA) is 35.5 Å². The van der Waals surface area contributed by atoms with Crippen molar-refractivity contribution in [3.05, 3.63) is 0 Å². The quantitative estimate of drug-likeness (QED) is 0.673. The van der Waals surface area contributed by atoms with Crippen LogP contribution in [-0.2, 0) is 0 Å². The molecule has 0 radical (unpaired) electrons. The van der Waals surface area contributed by atoms with Crippen molar-refractivity contribution in [3.8, 4) is 0 Å². The summed E-state index contributed by atoms with van der Waals surface area (Å²) in [5.74, 6) is 1.59. The maximum Gasteiger partial charge on any atom is 0.0628 e. The molecule has 0 spiro atoms. The van der Waals surface area contributed by atoms with Crippen LogP contribution >= 0.6 is 0 Å². The Hall–Kier alpha value is -0.120. The molecule has 3 heteroatoms. The molecule has 2 aliphatic rings. The van der Waals surface area contributed by atoms with E-state index in [-0.39, 0.29) is 12.1 Å². The largest absolute Gasteiger partial charge is 0.394 e. The smallest absolute Gasteiger partial charge is 0.0628 e. The molecule has 1 unspecified atom stereocenters.